The van der Waals surface area contributed by atoms with Crippen LogP contribution in [0.3, 0.4) is 0 Å². The predicted molar refractivity (Wildman–Crippen MR) is 95.8 cm³/mol. The van der Waals surface area contributed by atoms with E-state index >= 15 is 0 Å². The molecule has 6 nitrogen and oxygen atoms in total. The first-order chi connectivity index (χ1) is 12.2. The minimum absolute atomic E-state index is 0.0757. The fourth-order valence-electron chi connectivity index (χ4n) is 2.09. The predicted octanol–water partition coefficient (Wildman–Crippen LogP) is 2.56. The maximum atomic E-state index is 11.8. The Kier molecular flexibility index (Phi) is 7.29. The summed E-state index contributed by atoms with van der Waals surface area (Å²) in [5.74, 6) is 1.49. The Balaban J connectivity index is 1.57. The lowest BCUT2D eigenvalue weighted by atomic mass is 10.2. The molecule has 2 aromatic rings. The van der Waals surface area contributed by atoms with E-state index in [1.165, 1.54) is 0 Å². The Morgan fingerprint density at radius 3 is 2.36 bits per heavy atom. The number of rotatable bonds is 9. The highest BCUT2D eigenvalue weighted by molar-refractivity contribution is 5.90. The maximum Gasteiger partial charge on any atom is 0.225 e. The molecule has 0 saturated carbocycles. The molecule has 0 aliphatic carbocycles. The molecule has 0 saturated heterocycles. The number of amides is 1. The third-order valence-corrected chi connectivity index (χ3v) is 3.43. The van der Waals surface area contributed by atoms with E-state index in [1.54, 1.807) is 31.4 Å². The Hall–Kier alpha value is -3.04. The van der Waals surface area contributed by atoms with Gasteiger partial charge in [0.15, 0.2) is 0 Å². The molecule has 0 aliphatic rings. The number of carbonyl (C=O) groups excluding carboxylic acids is 1. The van der Waals surface area contributed by atoms with E-state index in [1.807, 2.05) is 30.3 Å². The molecular weight excluding hydrogens is 318 g/mol. The number of nitrogens with one attached hydrogen (secondary N) is 2. The largest absolute Gasteiger partial charge is 0.497 e. The molecule has 0 fully saturated rings. The molecule has 0 bridgehead atoms. The van der Waals surface area contributed by atoms with E-state index in [4.69, 9.17) is 14.7 Å². The van der Waals surface area contributed by atoms with Crippen molar-refractivity contribution in [3.05, 3.63) is 54.1 Å². The zero-order valence-corrected chi connectivity index (χ0v) is 14.1. The molecule has 130 valence electrons. The topological polar surface area (TPSA) is 83.4 Å². The number of hydrogen-bond acceptors (Lipinski definition) is 5. The number of anilines is 1. The van der Waals surface area contributed by atoms with Gasteiger partial charge in [-0.2, -0.15) is 5.26 Å². The number of hydrogen-bond donors (Lipinski definition) is 2. The summed E-state index contributed by atoms with van der Waals surface area (Å²) in [4.78, 5) is 11.8. The second-order valence-corrected chi connectivity index (χ2v) is 5.26. The van der Waals surface area contributed by atoms with Crippen LogP contribution in [0.25, 0.3) is 0 Å². The second-order valence-electron chi connectivity index (χ2n) is 5.26. The lowest BCUT2D eigenvalue weighted by Crippen LogP contribution is -2.25. The van der Waals surface area contributed by atoms with Gasteiger partial charge in [-0.3, -0.25) is 4.79 Å². The standard InChI is InChI=1S/C19H21N3O3/c1-24-17-6-8-18(9-7-17)25-13-12-21-11-10-19(23)22-16-4-2-15(14-20)3-5-16/h2-9,21H,10-13H2,1H3,(H,22,23). The van der Waals surface area contributed by atoms with Crippen molar-refractivity contribution in [1.29, 1.82) is 5.26 Å². The number of nitrogens with zero attached hydrogens (tertiary/aromatic N) is 1. The number of nitriles is 1. The average molecular weight is 339 g/mol. The molecule has 0 radical (unpaired) electrons. The number of carbonyl (C=O) groups is 1. The van der Waals surface area contributed by atoms with Crippen molar-refractivity contribution in [1.82, 2.24) is 5.32 Å². The van der Waals surface area contributed by atoms with Gasteiger partial charge in [-0.15, -0.1) is 0 Å². The van der Waals surface area contributed by atoms with Gasteiger partial charge in [0, 0.05) is 25.2 Å². The molecule has 0 aliphatic heterocycles. The molecule has 2 rings (SSSR count). The van der Waals surface area contributed by atoms with Gasteiger partial charge < -0.3 is 20.1 Å². The Labute approximate surface area is 147 Å². The molecule has 0 unspecified atom stereocenters. The maximum absolute atomic E-state index is 11.8. The molecule has 0 aromatic heterocycles. The quantitative estimate of drug-likeness (QED) is 0.686. The van der Waals surface area contributed by atoms with E-state index in [-0.39, 0.29) is 5.91 Å². The summed E-state index contributed by atoms with van der Waals surface area (Å²) in [6, 6.07) is 16.2. The van der Waals surface area contributed by atoms with Crippen molar-refractivity contribution in [2.75, 3.05) is 32.1 Å². The Morgan fingerprint density at radius 2 is 1.72 bits per heavy atom. The molecule has 0 spiro atoms. The zero-order valence-electron chi connectivity index (χ0n) is 14.1. The van der Waals surface area contributed by atoms with Crippen molar-refractivity contribution in [3.8, 4) is 17.6 Å². The van der Waals surface area contributed by atoms with Crippen molar-refractivity contribution >= 4 is 11.6 Å². The number of benzene rings is 2. The van der Waals surface area contributed by atoms with Crippen LogP contribution >= 0.6 is 0 Å². The lowest BCUT2D eigenvalue weighted by Gasteiger charge is -2.09. The van der Waals surface area contributed by atoms with Crippen molar-refractivity contribution < 1.29 is 14.3 Å². The normalized spacial score (nSPS) is 9.92. The monoisotopic (exact) mass is 339 g/mol. The summed E-state index contributed by atoms with van der Waals surface area (Å²) in [6.07, 6.45) is 0.364. The van der Waals surface area contributed by atoms with E-state index in [0.29, 0.717) is 37.4 Å². The van der Waals surface area contributed by atoms with Gasteiger partial charge in [0.1, 0.15) is 18.1 Å². The summed E-state index contributed by atoms with van der Waals surface area (Å²) in [6.45, 7) is 1.73. The van der Waals surface area contributed by atoms with Gasteiger partial charge in [-0.05, 0) is 48.5 Å². The minimum atomic E-state index is -0.0757. The van der Waals surface area contributed by atoms with E-state index in [9.17, 15) is 4.79 Å². The molecule has 6 heteroatoms. The number of methoxy groups -OCH3 is 1. The Bertz CT molecular complexity index is 706. The van der Waals surface area contributed by atoms with Crippen LogP contribution in [-0.2, 0) is 4.79 Å². The molecule has 1 amide bonds. The first kappa shape index (κ1) is 18.3. The van der Waals surface area contributed by atoms with Gasteiger partial charge in [-0.1, -0.05) is 0 Å². The van der Waals surface area contributed by atoms with Gasteiger partial charge in [0.2, 0.25) is 5.91 Å². The third kappa shape index (κ3) is 6.53. The van der Waals surface area contributed by atoms with Crippen LogP contribution in [-0.4, -0.2) is 32.7 Å². The molecule has 2 aromatic carbocycles. The average Bonchev–Trinajstić information content (AvgIpc) is 2.65. The zero-order chi connectivity index (χ0) is 17.9. The van der Waals surface area contributed by atoms with E-state index in [0.717, 1.165) is 11.5 Å². The Morgan fingerprint density at radius 1 is 1.04 bits per heavy atom. The van der Waals surface area contributed by atoms with Gasteiger partial charge >= 0.3 is 0 Å². The SMILES string of the molecule is COc1ccc(OCCNCCC(=O)Nc2ccc(C#N)cc2)cc1. The molecule has 0 atom stereocenters. The smallest absolute Gasteiger partial charge is 0.225 e. The molecular formula is C19H21N3O3. The highest BCUT2D eigenvalue weighted by atomic mass is 16.5. The summed E-state index contributed by atoms with van der Waals surface area (Å²) < 4.78 is 10.7. The number of ether oxygens (including phenoxy) is 2. The molecule has 2 N–H and O–H groups in total. The minimum Gasteiger partial charge on any atom is -0.497 e. The lowest BCUT2D eigenvalue weighted by molar-refractivity contribution is -0.116. The summed E-state index contributed by atoms with van der Waals surface area (Å²) in [5.41, 5.74) is 1.25. The summed E-state index contributed by atoms with van der Waals surface area (Å²) in [5, 5.41) is 14.7. The van der Waals surface area contributed by atoms with Crippen LogP contribution in [0.4, 0.5) is 5.69 Å². The first-order valence-electron chi connectivity index (χ1n) is 7.99. The van der Waals surface area contributed by atoms with Crippen LogP contribution in [0.2, 0.25) is 0 Å². The fraction of sp³-hybridized carbons (Fsp3) is 0.263. The highest BCUT2D eigenvalue weighted by Gasteiger charge is 2.02. The van der Waals surface area contributed by atoms with Crippen molar-refractivity contribution in [2.24, 2.45) is 0 Å². The summed E-state index contributed by atoms with van der Waals surface area (Å²) >= 11 is 0. The van der Waals surface area contributed by atoms with Crippen LogP contribution in [0.1, 0.15) is 12.0 Å². The molecule has 0 heterocycles. The van der Waals surface area contributed by atoms with Crippen molar-refractivity contribution in [3.63, 3.8) is 0 Å². The van der Waals surface area contributed by atoms with Gasteiger partial charge in [0.25, 0.3) is 0 Å². The second kappa shape index (κ2) is 9.96. The van der Waals surface area contributed by atoms with Crippen LogP contribution < -0.4 is 20.1 Å². The van der Waals surface area contributed by atoms with Gasteiger partial charge in [0.05, 0.1) is 18.7 Å². The van der Waals surface area contributed by atoms with Crippen LogP contribution in [0, 0.1) is 11.3 Å². The fourth-order valence-corrected chi connectivity index (χ4v) is 2.09. The van der Waals surface area contributed by atoms with Crippen LogP contribution in [0.5, 0.6) is 11.5 Å². The highest BCUT2D eigenvalue weighted by Crippen LogP contribution is 2.16. The van der Waals surface area contributed by atoms with Crippen LogP contribution in [0.15, 0.2) is 48.5 Å². The van der Waals surface area contributed by atoms with E-state index in [2.05, 4.69) is 10.6 Å². The van der Waals surface area contributed by atoms with Gasteiger partial charge in [-0.25, -0.2) is 0 Å². The first-order valence-corrected chi connectivity index (χ1v) is 7.99. The third-order valence-electron chi connectivity index (χ3n) is 3.43. The van der Waals surface area contributed by atoms with E-state index < -0.39 is 0 Å². The molecule has 25 heavy (non-hydrogen) atoms. The van der Waals surface area contributed by atoms with Crippen molar-refractivity contribution in [2.45, 2.75) is 6.42 Å². The summed E-state index contributed by atoms with van der Waals surface area (Å²) in [7, 11) is 1.62.